The fraction of sp³-hybridized carbons (Fsp3) is 0.188. The zero-order valence-corrected chi connectivity index (χ0v) is 12.7. The molecule has 6 heteroatoms. The molecule has 0 unspecified atom stereocenters. The fourth-order valence-corrected chi connectivity index (χ4v) is 2.56. The van der Waals surface area contributed by atoms with Gasteiger partial charge in [-0.15, -0.1) is 11.3 Å². The van der Waals surface area contributed by atoms with Crippen molar-refractivity contribution in [1.29, 1.82) is 5.26 Å². The van der Waals surface area contributed by atoms with Gasteiger partial charge in [-0.25, -0.2) is 4.79 Å². The van der Waals surface area contributed by atoms with E-state index in [2.05, 4.69) is 5.32 Å². The highest BCUT2D eigenvalue weighted by Crippen LogP contribution is 2.17. The Morgan fingerprint density at radius 2 is 2.18 bits per heavy atom. The van der Waals surface area contributed by atoms with Crippen molar-refractivity contribution in [1.82, 2.24) is 5.32 Å². The van der Waals surface area contributed by atoms with Gasteiger partial charge in [0, 0.05) is 4.88 Å². The second kappa shape index (κ2) is 7.38. The van der Waals surface area contributed by atoms with Gasteiger partial charge < -0.3 is 10.1 Å². The normalized spacial score (nSPS) is 11.3. The fourth-order valence-electron chi connectivity index (χ4n) is 1.82. The van der Waals surface area contributed by atoms with Gasteiger partial charge >= 0.3 is 5.97 Å². The number of nitrogens with one attached hydrogen (secondary N) is 1. The van der Waals surface area contributed by atoms with Gasteiger partial charge in [-0.3, -0.25) is 4.79 Å². The lowest BCUT2D eigenvalue weighted by Gasteiger charge is -2.12. The lowest BCUT2D eigenvalue weighted by atomic mass is 10.1. The van der Waals surface area contributed by atoms with Crippen LogP contribution in [0.25, 0.3) is 0 Å². The second-order valence-corrected chi connectivity index (χ2v) is 5.55. The van der Waals surface area contributed by atoms with Crippen LogP contribution in [0.15, 0.2) is 41.8 Å². The summed E-state index contributed by atoms with van der Waals surface area (Å²) in [5.74, 6) is -0.998. The molecular weight excluding hydrogens is 300 g/mol. The summed E-state index contributed by atoms with van der Waals surface area (Å²) in [6.07, 6.45) is 0. The molecule has 0 aliphatic carbocycles. The van der Waals surface area contributed by atoms with Crippen LogP contribution in [0.2, 0.25) is 0 Å². The SMILES string of the molecule is C[C@@H](NC(=O)COC(=O)c1cccc(C#N)c1)c1cccs1. The third-order valence-electron chi connectivity index (χ3n) is 2.91. The smallest absolute Gasteiger partial charge is 0.338 e. The van der Waals surface area contributed by atoms with Gasteiger partial charge in [-0.1, -0.05) is 12.1 Å². The van der Waals surface area contributed by atoms with Gasteiger partial charge in [0.25, 0.3) is 5.91 Å². The average Bonchev–Trinajstić information content (AvgIpc) is 3.07. The van der Waals surface area contributed by atoms with Crippen LogP contribution in [-0.2, 0) is 9.53 Å². The van der Waals surface area contributed by atoms with E-state index in [-0.39, 0.29) is 24.1 Å². The number of hydrogen-bond acceptors (Lipinski definition) is 5. The minimum Gasteiger partial charge on any atom is -0.452 e. The summed E-state index contributed by atoms with van der Waals surface area (Å²) in [6, 6.07) is 11.8. The van der Waals surface area contributed by atoms with Crippen molar-refractivity contribution in [3.05, 3.63) is 57.8 Å². The molecule has 112 valence electrons. The highest BCUT2D eigenvalue weighted by atomic mass is 32.1. The van der Waals surface area contributed by atoms with Crippen LogP contribution in [0.5, 0.6) is 0 Å². The summed E-state index contributed by atoms with van der Waals surface area (Å²) in [6.45, 7) is 1.51. The second-order valence-electron chi connectivity index (χ2n) is 4.57. The number of nitriles is 1. The molecule has 0 spiro atoms. The Kier molecular flexibility index (Phi) is 5.28. The minimum atomic E-state index is -0.629. The molecule has 22 heavy (non-hydrogen) atoms. The van der Waals surface area contributed by atoms with Crippen molar-refractivity contribution < 1.29 is 14.3 Å². The maximum Gasteiger partial charge on any atom is 0.338 e. The lowest BCUT2D eigenvalue weighted by molar-refractivity contribution is -0.124. The van der Waals surface area contributed by atoms with Crippen LogP contribution in [-0.4, -0.2) is 18.5 Å². The maximum atomic E-state index is 11.8. The molecule has 1 atom stereocenters. The van der Waals surface area contributed by atoms with E-state index in [0.717, 1.165) is 4.88 Å². The van der Waals surface area contributed by atoms with Crippen LogP contribution in [0.1, 0.15) is 33.8 Å². The third kappa shape index (κ3) is 4.17. The van der Waals surface area contributed by atoms with Crippen LogP contribution in [0, 0.1) is 11.3 Å². The number of ether oxygens (including phenoxy) is 1. The Labute approximate surface area is 132 Å². The molecule has 0 saturated heterocycles. The molecule has 1 aromatic carbocycles. The molecule has 1 heterocycles. The number of benzene rings is 1. The van der Waals surface area contributed by atoms with Gasteiger partial charge in [0.05, 0.1) is 23.2 Å². The number of hydrogen-bond donors (Lipinski definition) is 1. The third-order valence-corrected chi connectivity index (χ3v) is 3.96. The first-order valence-electron chi connectivity index (χ1n) is 6.60. The van der Waals surface area contributed by atoms with Gasteiger partial charge in [-0.2, -0.15) is 5.26 Å². The zero-order valence-electron chi connectivity index (χ0n) is 11.9. The largest absolute Gasteiger partial charge is 0.452 e. The zero-order chi connectivity index (χ0) is 15.9. The monoisotopic (exact) mass is 314 g/mol. The summed E-state index contributed by atoms with van der Waals surface area (Å²) < 4.78 is 4.95. The summed E-state index contributed by atoms with van der Waals surface area (Å²) in [5, 5.41) is 13.5. The highest BCUT2D eigenvalue weighted by Gasteiger charge is 2.13. The van der Waals surface area contributed by atoms with E-state index in [1.54, 1.807) is 23.5 Å². The molecular formula is C16H14N2O3S. The standard InChI is InChI=1S/C16H14N2O3S/c1-11(14-6-3-7-22-14)18-15(19)10-21-16(20)13-5-2-4-12(8-13)9-17/h2-8,11H,10H2,1H3,(H,18,19)/t11-/m1/s1. The molecule has 1 N–H and O–H groups in total. The predicted molar refractivity (Wildman–Crippen MR) is 82.3 cm³/mol. The van der Waals surface area contributed by atoms with Crippen LogP contribution in [0.3, 0.4) is 0 Å². The molecule has 0 radical (unpaired) electrons. The summed E-state index contributed by atoms with van der Waals surface area (Å²) in [4.78, 5) is 24.6. The number of nitrogens with zero attached hydrogens (tertiary/aromatic N) is 1. The lowest BCUT2D eigenvalue weighted by Crippen LogP contribution is -2.30. The van der Waals surface area contributed by atoms with Crippen LogP contribution >= 0.6 is 11.3 Å². The van der Waals surface area contributed by atoms with Crippen molar-refractivity contribution >= 4 is 23.2 Å². The number of rotatable bonds is 5. The topological polar surface area (TPSA) is 79.2 Å². The van der Waals surface area contributed by atoms with E-state index >= 15 is 0 Å². The minimum absolute atomic E-state index is 0.131. The summed E-state index contributed by atoms with van der Waals surface area (Å²) in [7, 11) is 0. The predicted octanol–water partition coefficient (Wildman–Crippen LogP) is 2.65. The van der Waals surface area contributed by atoms with Gasteiger partial charge in [0.1, 0.15) is 0 Å². The molecule has 2 aromatic rings. The molecule has 0 saturated carbocycles. The first-order chi connectivity index (χ1) is 10.6. The first-order valence-corrected chi connectivity index (χ1v) is 7.48. The summed E-state index contributed by atoms with van der Waals surface area (Å²) in [5.41, 5.74) is 0.614. The maximum absolute atomic E-state index is 11.8. The van der Waals surface area contributed by atoms with E-state index in [4.69, 9.17) is 10.00 Å². The number of thiophene rings is 1. The number of carbonyl (C=O) groups is 2. The van der Waals surface area contributed by atoms with Crippen LogP contribution < -0.4 is 5.32 Å². The Hall–Kier alpha value is -2.65. The Balaban J connectivity index is 1.85. The molecule has 5 nitrogen and oxygen atoms in total. The van der Waals surface area contributed by atoms with Crippen molar-refractivity contribution in [2.45, 2.75) is 13.0 Å². The Morgan fingerprint density at radius 3 is 2.86 bits per heavy atom. The molecule has 2 rings (SSSR count). The highest BCUT2D eigenvalue weighted by molar-refractivity contribution is 7.10. The van der Waals surface area contributed by atoms with E-state index in [1.807, 2.05) is 30.5 Å². The number of carbonyl (C=O) groups excluding carboxylic acids is 2. The molecule has 1 aromatic heterocycles. The van der Waals surface area contributed by atoms with Crippen molar-refractivity contribution in [3.8, 4) is 6.07 Å². The van der Waals surface area contributed by atoms with E-state index in [0.29, 0.717) is 5.56 Å². The van der Waals surface area contributed by atoms with Gasteiger partial charge in [0.2, 0.25) is 0 Å². The molecule has 0 bridgehead atoms. The molecule has 0 aliphatic heterocycles. The van der Waals surface area contributed by atoms with Crippen molar-refractivity contribution in [2.75, 3.05) is 6.61 Å². The van der Waals surface area contributed by atoms with Gasteiger partial charge in [0.15, 0.2) is 6.61 Å². The number of esters is 1. The number of amides is 1. The van der Waals surface area contributed by atoms with E-state index < -0.39 is 5.97 Å². The average molecular weight is 314 g/mol. The summed E-state index contributed by atoms with van der Waals surface area (Å²) >= 11 is 1.55. The molecule has 1 amide bonds. The molecule has 0 fully saturated rings. The van der Waals surface area contributed by atoms with Crippen molar-refractivity contribution in [3.63, 3.8) is 0 Å². The van der Waals surface area contributed by atoms with Crippen LogP contribution in [0.4, 0.5) is 0 Å². The van der Waals surface area contributed by atoms with Gasteiger partial charge in [-0.05, 0) is 36.6 Å². The molecule has 0 aliphatic rings. The quantitative estimate of drug-likeness (QED) is 0.861. The van der Waals surface area contributed by atoms with Crippen molar-refractivity contribution in [2.24, 2.45) is 0 Å². The Morgan fingerprint density at radius 1 is 1.36 bits per heavy atom. The Bertz CT molecular complexity index is 704. The van der Waals surface area contributed by atoms with E-state index in [1.165, 1.54) is 12.1 Å². The van der Waals surface area contributed by atoms with E-state index in [9.17, 15) is 9.59 Å². The first kappa shape index (κ1) is 15.7.